The first-order valence-electron chi connectivity index (χ1n) is 11.6. The molecule has 1 atom stereocenters. The second-order valence-electron chi connectivity index (χ2n) is 8.26. The highest BCUT2D eigenvalue weighted by Crippen LogP contribution is 2.28. The Hall–Kier alpha value is -2.49. The number of halogens is 2. The quantitative estimate of drug-likeness (QED) is 0.366. The fraction of sp³-hybridized carbons (Fsp3) is 0.440. The van der Waals surface area contributed by atoms with Crippen molar-refractivity contribution < 1.29 is 22.7 Å². The van der Waals surface area contributed by atoms with Gasteiger partial charge in [0.25, 0.3) is 0 Å². The molecule has 0 heterocycles. The zero-order chi connectivity index (χ0) is 26.9. The molecule has 0 bridgehead atoms. The number of ether oxygens (including phenoxy) is 1. The monoisotopic (exact) mass is 557 g/mol. The summed E-state index contributed by atoms with van der Waals surface area (Å²) in [6, 6.07) is 10.5. The number of hydrogen-bond donors (Lipinski definition) is 1. The van der Waals surface area contributed by atoms with Crippen LogP contribution in [0.4, 0.5) is 5.69 Å². The number of anilines is 1. The highest BCUT2D eigenvalue weighted by atomic mass is 35.5. The van der Waals surface area contributed by atoms with Crippen LogP contribution in [0, 0.1) is 0 Å². The molecule has 0 spiro atoms. The van der Waals surface area contributed by atoms with E-state index >= 15 is 0 Å². The van der Waals surface area contributed by atoms with Crippen molar-refractivity contribution in [1.82, 2.24) is 10.2 Å². The van der Waals surface area contributed by atoms with Gasteiger partial charge in [-0.3, -0.25) is 13.9 Å². The van der Waals surface area contributed by atoms with Crippen molar-refractivity contribution >= 4 is 50.7 Å². The van der Waals surface area contributed by atoms with E-state index in [4.69, 9.17) is 27.9 Å². The second-order valence-corrected chi connectivity index (χ2v) is 11.0. The summed E-state index contributed by atoms with van der Waals surface area (Å²) in [5, 5.41) is 3.55. The molecule has 2 amide bonds. The highest BCUT2D eigenvalue weighted by Gasteiger charge is 2.32. The van der Waals surface area contributed by atoms with Crippen molar-refractivity contribution in [2.45, 2.75) is 45.7 Å². The topological polar surface area (TPSA) is 96.0 Å². The minimum absolute atomic E-state index is 0.0627. The predicted molar refractivity (Wildman–Crippen MR) is 144 cm³/mol. The Morgan fingerprint density at radius 1 is 1.08 bits per heavy atom. The number of nitrogens with zero attached hydrogens (tertiary/aromatic N) is 2. The number of amides is 2. The maximum Gasteiger partial charge on any atom is 0.244 e. The van der Waals surface area contributed by atoms with E-state index in [0.29, 0.717) is 34.3 Å². The lowest BCUT2D eigenvalue weighted by molar-refractivity contribution is -0.140. The number of carbonyl (C=O) groups excluding carboxylic acids is 2. The highest BCUT2D eigenvalue weighted by molar-refractivity contribution is 7.92. The Labute approximate surface area is 223 Å². The summed E-state index contributed by atoms with van der Waals surface area (Å²) < 4.78 is 31.6. The van der Waals surface area contributed by atoms with Crippen LogP contribution in [-0.4, -0.2) is 57.6 Å². The van der Waals surface area contributed by atoms with Gasteiger partial charge < -0.3 is 15.0 Å². The molecular formula is C25H33Cl2N3O5S. The van der Waals surface area contributed by atoms with E-state index in [0.717, 1.165) is 23.4 Å². The fourth-order valence-electron chi connectivity index (χ4n) is 3.66. The average molecular weight is 559 g/mol. The van der Waals surface area contributed by atoms with E-state index in [1.165, 1.54) is 18.1 Å². The molecule has 0 saturated carbocycles. The van der Waals surface area contributed by atoms with Gasteiger partial charge in [0.2, 0.25) is 21.8 Å². The van der Waals surface area contributed by atoms with E-state index in [9.17, 15) is 18.0 Å². The lowest BCUT2D eigenvalue weighted by atomic mass is 10.1. The van der Waals surface area contributed by atoms with Gasteiger partial charge in [-0.05, 0) is 37.1 Å². The van der Waals surface area contributed by atoms with Gasteiger partial charge in [-0.2, -0.15) is 0 Å². The van der Waals surface area contributed by atoms with Gasteiger partial charge in [-0.1, -0.05) is 55.6 Å². The summed E-state index contributed by atoms with van der Waals surface area (Å²) in [7, 11) is -2.39. The van der Waals surface area contributed by atoms with Gasteiger partial charge in [-0.25, -0.2) is 8.42 Å². The Bertz CT molecular complexity index is 1140. The Kier molecular flexibility index (Phi) is 11.3. The van der Waals surface area contributed by atoms with Gasteiger partial charge >= 0.3 is 0 Å². The fourth-order valence-corrected chi connectivity index (χ4v) is 5.02. The van der Waals surface area contributed by atoms with Crippen LogP contribution in [0.2, 0.25) is 10.0 Å². The third-order valence-corrected chi connectivity index (χ3v) is 7.47. The van der Waals surface area contributed by atoms with Crippen molar-refractivity contribution in [3.63, 3.8) is 0 Å². The number of nitrogens with one attached hydrogen (secondary N) is 1. The number of benzene rings is 2. The SMILES string of the molecule is CCCCNC(=O)[C@@H](CC)N(Cc1c(Cl)cccc1Cl)C(=O)CN(c1cccc(OC)c1)S(C)(=O)=O. The number of carbonyl (C=O) groups is 2. The molecule has 1 N–H and O–H groups in total. The summed E-state index contributed by atoms with van der Waals surface area (Å²) >= 11 is 12.7. The van der Waals surface area contributed by atoms with Gasteiger partial charge in [0, 0.05) is 34.8 Å². The summed E-state index contributed by atoms with van der Waals surface area (Å²) in [4.78, 5) is 28.1. The minimum atomic E-state index is -3.85. The molecule has 198 valence electrons. The second kappa shape index (κ2) is 13.7. The minimum Gasteiger partial charge on any atom is -0.497 e. The Morgan fingerprint density at radius 2 is 1.72 bits per heavy atom. The molecule has 36 heavy (non-hydrogen) atoms. The standard InChI is InChI=1S/C25H33Cl2N3O5S/c1-5-7-14-28-25(32)23(6-2)29(16-20-21(26)12-9-13-22(20)27)24(31)17-30(36(4,33)34)18-10-8-11-19(15-18)35-3/h8-13,15,23H,5-7,14,16-17H2,1-4H3,(H,28,32)/t23-/m1/s1. The van der Waals surface area contributed by atoms with Gasteiger partial charge in [0.05, 0.1) is 19.1 Å². The third kappa shape index (κ3) is 8.01. The molecule has 11 heteroatoms. The smallest absolute Gasteiger partial charge is 0.244 e. The van der Waals surface area contributed by atoms with Crippen LogP contribution in [0.5, 0.6) is 5.75 Å². The average Bonchev–Trinajstić information content (AvgIpc) is 2.83. The number of sulfonamides is 1. The molecule has 0 aliphatic rings. The zero-order valence-electron chi connectivity index (χ0n) is 21.0. The normalized spacial score (nSPS) is 12.1. The maximum absolute atomic E-state index is 13.7. The van der Waals surface area contributed by atoms with Crippen LogP contribution in [0.1, 0.15) is 38.7 Å². The van der Waals surface area contributed by atoms with Gasteiger partial charge in [-0.15, -0.1) is 0 Å². The van der Waals surface area contributed by atoms with Crippen LogP contribution >= 0.6 is 23.2 Å². The first kappa shape index (κ1) is 29.7. The Morgan fingerprint density at radius 3 is 2.28 bits per heavy atom. The van der Waals surface area contributed by atoms with Crippen molar-refractivity contribution in [3.05, 3.63) is 58.1 Å². The lowest BCUT2D eigenvalue weighted by Crippen LogP contribution is -2.52. The largest absolute Gasteiger partial charge is 0.497 e. The van der Waals surface area contributed by atoms with Gasteiger partial charge in [0.1, 0.15) is 18.3 Å². The molecule has 0 aliphatic carbocycles. The van der Waals surface area contributed by atoms with Crippen LogP contribution in [0.3, 0.4) is 0 Å². The molecule has 0 radical (unpaired) electrons. The molecule has 2 rings (SSSR count). The summed E-state index contributed by atoms with van der Waals surface area (Å²) in [6.45, 7) is 3.69. The van der Waals surface area contributed by atoms with Gasteiger partial charge in [0.15, 0.2) is 0 Å². The molecule has 2 aromatic rings. The van der Waals surface area contributed by atoms with Crippen molar-refractivity contribution in [2.24, 2.45) is 0 Å². The molecule has 0 unspecified atom stereocenters. The third-order valence-electron chi connectivity index (χ3n) is 5.63. The van der Waals surface area contributed by atoms with Crippen LogP contribution in [0.25, 0.3) is 0 Å². The lowest BCUT2D eigenvalue weighted by Gasteiger charge is -2.33. The van der Waals surface area contributed by atoms with E-state index in [-0.39, 0.29) is 18.1 Å². The molecule has 2 aromatic carbocycles. The Balaban J connectivity index is 2.47. The van der Waals surface area contributed by atoms with Crippen molar-refractivity contribution in [2.75, 3.05) is 30.8 Å². The maximum atomic E-state index is 13.7. The van der Waals surface area contributed by atoms with E-state index in [1.54, 1.807) is 43.3 Å². The van der Waals surface area contributed by atoms with Crippen LogP contribution in [0.15, 0.2) is 42.5 Å². The summed E-state index contributed by atoms with van der Waals surface area (Å²) in [5.74, 6) is -0.457. The number of unbranched alkanes of at least 4 members (excludes halogenated alkanes) is 1. The number of hydrogen-bond acceptors (Lipinski definition) is 5. The molecular weight excluding hydrogens is 525 g/mol. The van der Waals surface area contributed by atoms with E-state index in [2.05, 4.69) is 5.32 Å². The zero-order valence-corrected chi connectivity index (χ0v) is 23.3. The summed E-state index contributed by atoms with van der Waals surface area (Å²) in [5.41, 5.74) is 0.739. The van der Waals surface area contributed by atoms with Crippen LogP contribution in [-0.2, 0) is 26.2 Å². The molecule has 0 aliphatic heterocycles. The number of rotatable bonds is 13. The molecule has 0 fully saturated rings. The van der Waals surface area contributed by atoms with E-state index < -0.39 is 28.5 Å². The van der Waals surface area contributed by atoms with Crippen molar-refractivity contribution in [3.8, 4) is 5.75 Å². The first-order chi connectivity index (χ1) is 17.0. The predicted octanol–water partition coefficient (Wildman–Crippen LogP) is 4.49. The van der Waals surface area contributed by atoms with E-state index in [1.807, 2.05) is 6.92 Å². The van der Waals surface area contributed by atoms with Crippen LogP contribution < -0.4 is 14.4 Å². The molecule has 8 nitrogen and oxygen atoms in total. The number of methoxy groups -OCH3 is 1. The molecule has 0 saturated heterocycles. The summed E-state index contributed by atoms with van der Waals surface area (Å²) in [6.07, 6.45) is 3.02. The van der Waals surface area contributed by atoms with Crippen molar-refractivity contribution in [1.29, 1.82) is 0 Å². The molecule has 0 aromatic heterocycles. The first-order valence-corrected chi connectivity index (χ1v) is 14.3.